The molecule has 0 aromatic carbocycles. The molecule has 0 spiro atoms. The van der Waals surface area contributed by atoms with Gasteiger partial charge in [-0.15, -0.1) is 0 Å². The number of halogens is 1. The van der Waals surface area contributed by atoms with Crippen LogP contribution in [0.1, 0.15) is 29.9 Å². The SMILES string of the molecule is O=C1CSc2ncc(CNC3CCN(C[C@@H]4Cn5c(=O)ccc6ncc(F)c4c65)CC3)cc2N1. The number of carbonyl (C=O) groups is 1. The first-order chi connectivity index (χ1) is 16.5. The molecule has 0 aliphatic carbocycles. The molecule has 3 aromatic heterocycles. The molecular weight excluding hydrogens is 455 g/mol. The maximum Gasteiger partial charge on any atom is 0.251 e. The second-order valence-corrected chi connectivity index (χ2v) is 10.2. The number of thioether (sulfide) groups is 1. The minimum atomic E-state index is -0.320. The number of hydrogen-bond acceptors (Lipinski definition) is 7. The third-order valence-electron chi connectivity index (χ3n) is 6.99. The monoisotopic (exact) mass is 480 g/mol. The first-order valence-corrected chi connectivity index (χ1v) is 12.6. The van der Waals surface area contributed by atoms with Gasteiger partial charge in [0.1, 0.15) is 10.8 Å². The molecule has 1 amide bonds. The molecule has 34 heavy (non-hydrogen) atoms. The number of hydrogen-bond donors (Lipinski definition) is 2. The van der Waals surface area contributed by atoms with E-state index in [4.69, 9.17) is 0 Å². The molecule has 0 saturated carbocycles. The van der Waals surface area contributed by atoms with E-state index in [0.717, 1.165) is 48.8 Å². The Bertz CT molecular complexity index is 1340. The first-order valence-electron chi connectivity index (χ1n) is 11.6. The molecule has 1 saturated heterocycles. The number of carbonyl (C=O) groups excluding carboxylic acids is 1. The van der Waals surface area contributed by atoms with E-state index in [0.29, 0.717) is 41.5 Å². The zero-order valence-electron chi connectivity index (χ0n) is 18.6. The summed E-state index contributed by atoms with van der Waals surface area (Å²) in [5, 5.41) is 7.38. The third-order valence-corrected chi connectivity index (χ3v) is 7.99. The lowest BCUT2D eigenvalue weighted by Crippen LogP contribution is -2.43. The van der Waals surface area contributed by atoms with Gasteiger partial charge in [-0.05, 0) is 43.6 Å². The van der Waals surface area contributed by atoms with Crippen LogP contribution < -0.4 is 16.2 Å². The van der Waals surface area contributed by atoms with Crippen molar-refractivity contribution in [3.05, 3.63) is 57.9 Å². The van der Waals surface area contributed by atoms with E-state index in [1.54, 1.807) is 10.6 Å². The number of nitrogens with zero attached hydrogens (tertiary/aromatic N) is 4. The van der Waals surface area contributed by atoms with E-state index in [1.807, 2.05) is 12.3 Å². The van der Waals surface area contributed by atoms with Gasteiger partial charge in [0.05, 0.1) is 28.7 Å². The molecule has 3 aliphatic rings. The quantitative estimate of drug-likeness (QED) is 0.579. The van der Waals surface area contributed by atoms with Crippen LogP contribution in [0, 0.1) is 5.82 Å². The van der Waals surface area contributed by atoms with Crippen LogP contribution in [0.3, 0.4) is 0 Å². The number of likely N-dealkylation sites (tertiary alicyclic amines) is 1. The Kier molecular flexibility index (Phi) is 5.59. The summed E-state index contributed by atoms with van der Waals surface area (Å²) in [5.74, 6) is 0.0664. The topological polar surface area (TPSA) is 92.2 Å². The van der Waals surface area contributed by atoms with E-state index < -0.39 is 0 Å². The average molecular weight is 481 g/mol. The van der Waals surface area contributed by atoms with Crippen LogP contribution in [0.5, 0.6) is 0 Å². The van der Waals surface area contributed by atoms with Gasteiger partial charge in [0, 0.05) is 49.4 Å². The van der Waals surface area contributed by atoms with E-state index in [1.165, 1.54) is 24.0 Å². The lowest BCUT2D eigenvalue weighted by Gasteiger charge is -2.34. The Morgan fingerprint density at radius 3 is 2.88 bits per heavy atom. The number of nitrogens with one attached hydrogen (secondary N) is 2. The van der Waals surface area contributed by atoms with Crippen molar-refractivity contribution in [2.45, 2.75) is 42.9 Å². The molecule has 176 valence electrons. The third kappa shape index (κ3) is 3.99. The minimum Gasteiger partial charge on any atom is -0.323 e. The maximum atomic E-state index is 14.7. The van der Waals surface area contributed by atoms with Gasteiger partial charge < -0.3 is 20.1 Å². The highest BCUT2D eigenvalue weighted by molar-refractivity contribution is 8.00. The number of fused-ring (bicyclic) bond motifs is 1. The molecule has 6 rings (SSSR count). The van der Waals surface area contributed by atoms with Gasteiger partial charge >= 0.3 is 0 Å². The van der Waals surface area contributed by atoms with Gasteiger partial charge in [0.25, 0.3) is 5.56 Å². The van der Waals surface area contributed by atoms with E-state index in [-0.39, 0.29) is 23.2 Å². The zero-order chi connectivity index (χ0) is 23.2. The fraction of sp³-hybridized carbons (Fsp3) is 0.417. The molecule has 0 bridgehead atoms. The number of amides is 1. The van der Waals surface area contributed by atoms with Crippen LogP contribution in [0.4, 0.5) is 10.1 Å². The molecule has 2 N–H and O–H groups in total. The summed E-state index contributed by atoms with van der Waals surface area (Å²) < 4.78 is 16.4. The summed E-state index contributed by atoms with van der Waals surface area (Å²) in [5.41, 5.74) is 3.72. The van der Waals surface area contributed by atoms with Crippen molar-refractivity contribution in [2.24, 2.45) is 0 Å². The molecule has 3 aliphatic heterocycles. The summed E-state index contributed by atoms with van der Waals surface area (Å²) >= 11 is 1.47. The fourth-order valence-electron chi connectivity index (χ4n) is 5.30. The summed E-state index contributed by atoms with van der Waals surface area (Å²) in [7, 11) is 0. The highest BCUT2D eigenvalue weighted by atomic mass is 32.2. The van der Waals surface area contributed by atoms with Crippen LogP contribution in [0.2, 0.25) is 0 Å². The first kappa shape index (κ1) is 21.7. The van der Waals surface area contributed by atoms with Crippen LogP contribution in [-0.2, 0) is 17.9 Å². The molecule has 1 atom stereocenters. The van der Waals surface area contributed by atoms with Crippen molar-refractivity contribution in [3.8, 4) is 0 Å². The van der Waals surface area contributed by atoms with Gasteiger partial charge in [0.15, 0.2) is 0 Å². The fourth-order valence-corrected chi connectivity index (χ4v) is 6.04. The normalized spacial score (nSPS) is 20.5. The summed E-state index contributed by atoms with van der Waals surface area (Å²) in [6.45, 7) is 3.78. The smallest absolute Gasteiger partial charge is 0.251 e. The number of rotatable bonds is 5. The number of pyridine rings is 3. The molecule has 8 nitrogen and oxygen atoms in total. The lowest BCUT2D eigenvalue weighted by atomic mass is 9.98. The summed E-state index contributed by atoms with van der Waals surface area (Å²) in [4.78, 5) is 35.0. The second kappa shape index (κ2) is 8.75. The zero-order valence-corrected chi connectivity index (χ0v) is 19.4. The Labute approximate surface area is 200 Å². The molecule has 0 radical (unpaired) electrons. The summed E-state index contributed by atoms with van der Waals surface area (Å²) in [6, 6.07) is 5.59. The van der Waals surface area contributed by atoms with E-state index in [2.05, 4.69) is 25.5 Å². The number of piperidine rings is 1. The van der Waals surface area contributed by atoms with Crippen LogP contribution in [0.15, 0.2) is 40.4 Å². The number of anilines is 1. The van der Waals surface area contributed by atoms with Crippen molar-refractivity contribution < 1.29 is 9.18 Å². The highest BCUT2D eigenvalue weighted by Gasteiger charge is 2.31. The van der Waals surface area contributed by atoms with E-state index >= 15 is 0 Å². The predicted molar refractivity (Wildman–Crippen MR) is 129 cm³/mol. The van der Waals surface area contributed by atoms with Crippen molar-refractivity contribution in [1.82, 2.24) is 24.8 Å². The van der Waals surface area contributed by atoms with Crippen LogP contribution in [-0.4, -0.2) is 56.8 Å². The molecule has 0 unspecified atom stereocenters. The van der Waals surface area contributed by atoms with Crippen molar-refractivity contribution in [1.29, 1.82) is 0 Å². The van der Waals surface area contributed by atoms with Gasteiger partial charge in [0.2, 0.25) is 5.91 Å². The van der Waals surface area contributed by atoms with Gasteiger partial charge in [-0.25, -0.2) is 9.37 Å². The van der Waals surface area contributed by atoms with E-state index in [9.17, 15) is 14.0 Å². The predicted octanol–water partition coefficient (Wildman–Crippen LogP) is 2.33. The molecular formula is C24H25FN6O2S. The van der Waals surface area contributed by atoms with Gasteiger partial charge in [-0.3, -0.25) is 14.6 Å². The van der Waals surface area contributed by atoms with Crippen molar-refractivity contribution in [3.63, 3.8) is 0 Å². The van der Waals surface area contributed by atoms with Crippen molar-refractivity contribution >= 4 is 34.4 Å². The second-order valence-electron chi connectivity index (χ2n) is 9.22. The Balaban J connectivity index is 1.06. The molecule has 6 heterocycles. The average Bonchev–Trinajstić information content (AvgIpc) is 3.23. The lowest BCUT2D eigenvalue weighted by molar-refractivity contribution is -0.113. The highest BCUT2D eigenvalue weighted by Crippen LogP contribution is 2.34. The minimum absolute atomic E-state index is 0.0133. The molecule has 3 aromatic rings. The maximum absolute atomic E-state index is 14.7. The Morgan fingerprint density at radius 2 is 2.03 bits per heavy atom. The summed E-state index contributed by atoms with van der Waals surface area (Å²) in [6.07, 6.45) is 5.15. The Morgan fingerprint density at radius 1 is 1.18 bits per heavy atom. The Hall–Kier alpha value is -2.82. The number of aromatic nitrogens is 3. The van der Waals surface area contributed by atoms with Gasteiger partial charge in [-0.1, -0.05) is 11.8 Å². The van der Waals surface area contributed by atoms with Crippen LogP contribution >= 0.6 is 11.8 Å². The molecule has 10 heteroatoms. The van der Waals surface area contributed by atoms with Crippen molar-refractivity contribution in [2.75, 3.05) is 30.7 Å². The largest absolute Gasteiger partial charge is 0.323 e. The van der Waals surface area contributed by atoms with Crippen LogP contribution in [0.25, 0.3) is 11.0 Å². The van der Waals surface area contributed by atoms with Gasteiger partial charge in [-0.2, -0.15) is 0 Å². The molecule has 1 fully saturated rings. The standard InChI is InChI=1S/C24H25FN6O2S/c25-17-10-27-18-1-2-21(33)31-12-15(22(17)23(18)31)11-30-5-3-16(4-6-30)26-8-14-7-19-24(28-9-14)34-13-20(32)29-19/h1-2,7,9-10,15-16,26H,3-6,8,11-13H2,(H,29,32)/t15-/m1/s1.